The quantitative estimate of drug-likeness (QED) is 0.499. The Labute approximate surface area is 182 Å². The first-order valence-electron chi connectivity index (χ1n) is 11.4. The van der Waals surface area contributed by atoms with Gasteiger partial charge in [0.1, 0.15) is 5.75 Å². The average molecular weight is 413 g/mol. The molecule has 7 rings (SSSR count). The van der Waals surface area contributed by atoms with Crippen LogP contribution in [0, 0.1) is 17.3 Å². The summed E-state index contributed by atoms with van der Waals surface area (Å²) in [6.07, 6.45) is 7.42. The molecule has 3 heteroatoms. The second kappa shape index (κ2) is 6.35. The SMILES string of the molecule is CC12CC3CC(C1)CC(c1cc(O)ccc1-c1cc4ccccc4cc1C(=O)O)(C3)C2. The third kappa shape index (κ3) is 2.90. The monoisotopic (exact) mass is 412 g/mol. The lowest BCUT2D eigenvalue weighted by atomic mass is 9.43. The van der Waals surface area contributed by atoms with Crippen LogP contribution >= 0.6 is 0 Å². The summed E-state index contributed by atoms with van der Waals surface area (Å²) in [4.78, 5) is 12.3. The second-order valence-electron chi connectivity index (χ2n) is 10.8. The van der Waals surface area contributed by atoms with Gasteiger partial charge in [-0.15, -0.1) is 0 Å². The summed E-state index contributed by atoms with van der Waals surface area (Å²) < 4.78 is 0. The molecule has 0 radical (unpaired) electrons. The summed E-state index contributed by atoms with van der Waals surface area (Å²) >= 11 is 0. The van der Waals surface area contributed by atoms with Gasteiger partial charge in [0.25, 0.3) is 0 Å². The molecule has 4 aliphatic carbocycles. The number of carboxylic acid groups (broad SMARTS) is 1. The van der Waals surface area contributed by atoms with Crippen molar-refractivity contribution in [2.24, 2.45) is 17.3 Å². The standard InChI is InChI=1S/C28H28O3/c1-27-12-17-8-18(13-27)15-28(14-17,16-27)25-11-21(29)6-7-22(25)23-9-19-4-2-3-5-20(19)10-24(23)26(30)31/h2-7,9-11,17-18,29H,8,12-16H2,1H3,(H,30,31). The Kier molecular flexibility index (Phi) is 3.88. The number of hydrogen-bond acceptors (Lipinski definition) is 2. The Bertz CT molecular complexity index is 1210. The minimum absolute atomic E-state index is 0.0360. The number of phenols is 1. The maximum absolute atomic E-state index is 12.3. The van der Waals surface area contributed by atoms with Crippen molar-refractivity contribution >= 4 is 16.7 Å². The Morgan fingerprint density at radius 2 is 1.58 bits per heavy atom. The molecule has 0 aromatic heterocycles. The molecule has 0 aliphatic heterocycles. The van der Waals surface area contributed by atoms with E-state index in [2.05, 4.69) is 6.92 Å². The van der Waals surface area contributed by atoms with Crippen molar-refractivity contribution in [1.82, 2.24) is 0 Å². The lowest BCUT2D eigenvalue weighted by molar-refractivity contribution is -0.0614. The van der Waals surface area contributed by atoms with Crippen LogP contribution in [0.4, 0.5) is 0 Å². The van der Waals surface area contributed by atoms with Gasteiger partial charge in [0, 0.05) is 0 Å². The maximum atomic E-state index is 12.3. The molecule has 4 bridgehead atoms. The van der Waals surface area contributed by atoms with Gasteiger partial charge in [0.2, 0.25) is 0 Å². The molecule has 3 aromatic carbocycles. The predicted molar refractivity (Wildman–Crippen MR) is 122 cm³/mol. The minimum atomic E-state index is -0.905. The molecule has 4 fully saturated rings. The molecular weight excluding hydrogens is 384 g/mol. The van der Waals surface area contributed by atoms with E-state index in [1.54, 1.807) is 12.1 Å². The number of fused-ring (bicyclic) bond motifs is 1. The number of carbonyl (C=O) groups is 1. The Morgan fingerprint density at radius 1 is 0.903 bits per heavy atom. The lowest BCUT2D eigenvalue weighted by Crippen LogP contribution is -2.53. The Balaban J connectivity index is 1.59. The summed E-state index contributed by atoms with van der Waals surface area (Å²) in [5.74, 6) is 0.864. The first-order valence-corrected chi connectivity index (χ1v) is 11.4. The smallest absolute Gasteiger partial charge is 0.336 e. The van der Waals surface area contributed by atoms with E-state index in [1.165, 1.54) is 19.3 Å². The summed E-state index contributed by atoms with van der Waals surface area (Å²) in [5.41, 5.74) is 3.64. The highest BCUT2D eigenvalue weighted by Gasteiger charge is 2.56. The van der Waals surface area contributed by atoms with Gasteiger partial charge in [-0.3, -0.25) is 0 Å². The van der Waals surface area contributed by atoms with Crippen LogP contribution in [0.5, 0.6) is 5.75 Å². The zero-order chi connectivity index (χ0) is 21.4. The summed E-state index contributed by atoms with van der Waals surface area (Å²) in [6, 6.07) is 17.3. The van der Waals surface area contributed by atoms with E-state index in [0.717, 1.165) is 58.6 Å². The van der Waals surface area contributed by atoms with Crippen LogP contribution in [0.15, 0.2) is 54.6 Å². The number of rotatable bonds is 3. The van der Waals surface area contributed by atoms with Crippen molar-refractivity contribution in [3.63, 3.8) is 0 Å². The first-order chi connectivity index (χ1) is 14.8. The minimum Gasteiger partial charge on any atom is -0.508 e. The highest BCUT2D eigenvalue weighted by atomic mass is 16.4. The van der Waals surface area contributed by atoms with Crippen LogP contribution in [-0.4, -0.2) is 16.2 Å². The van der Waals surface area contributed by atoms with Gasteiger partial charge >= 0.3 is 5.97 Å². The van der Waals surface area contributed by atoms with Crippen LogP contribution < -0.4 is 0 Å². The molecule has 3 aromatic rings. The molecule has 0 heterocycles. The molecular formula is C28H28O3. The first kappa shape index (κ1) is 18.9. The molecule has 2 N–H and O–H groups in total. The molecule has 158 valence electrons. The van der Waals surface area contributed by atoms with Gasteiger partial charge in [-0.05, 0) is 113 Å². The number of benzene rings is 3. The highest BCUT2D eigenvalue weighted by molar-refractivity contribution is 6.02. The van der Waals surface area contributed by atoms with E-state index in [-0.39, 0.29) is 11.2 Å². The molecule has 4 saturated carbocycles. The van der Waals surface area contributed by atoms with E-state index >= 15 is 0 Å². The number of phenolic OH excluding ortho intramolecular Hbond substituents is 1. The fourth-order valence-corrected chi connectivity index (χ4v) is 7.88. The summed E-state index contributed by atoms with van der Waals surface area (Å²) in [6.45, 7) is 2.44. The zero-order valence-electron chi connectivity index (χ0n) is 17.9. The van der Waals surface area contributed by atoms with Crippen molar-refractivity contribution in [2.45, 2.75) is 50.9 Å². The number of aromatic carboxylic acids is 1. The number of aromatic hydroxyl groups is 1. The van der Waals surface area contributed by atoms with Gasteiger partial charge in [-0.1, -0.05) is 37.3 Å². The van der Waals surface area contributed by atoms with Crippen molar-refractivity contribution in [3.8, 4) is 16.9 Å². The van der Waals surface area contributed by atoms with E-state index in [1.807, 2.05) is 42.5 Å². The van der Waals surface area contributed by atoms with Crippen LogP contribution in [0.1, 0.15) is 61.4 Å². The largest absolute Gasteiger partial charge is 0.508 e. The zero-order valence-corrected chi connectivity index (χ0v) is 17.9. The van der Waals surface area contributed by atoms with Crippen LogP contribution in [0.25, 0.3) is 21.9 Å². The van der Waals surface area contributed by atoms with Crippen LogP contribution in [0.3, 0.4) is 0 Å². The molecule has 4 aliphatic rings. The molecule has 0 spiro atoms. The van der Waals surface area contributed by atoms with Gasteiger partial charge in [-0.2, -0.15) is 0 Å². The number of hydrogen-bond donors (Lipinski definition) is 2. The third-order valence-corrected chi connectivity index (χ3v) is 8.33. The Morgan fingerprint density at radius 3 is 2.23 bits per heavy atom. The van der Waals surface area contributed by atoms with Crippen molar-refractivity contribution in [3.05, 3.63) is 65.7 Å². The predicted octanol–water partition coefficient (Wildman–Crippen LogP) is 6.77. The normalized spacial score (nSPS) is 31.3. The van der Waals surface area contributed by atoms with Crippen LogP contribution in [-0.2, 0) is 5.41 Å². The van der Waals surface area contributed by atoms with Gasteiger partial charge in [0.15, 0.2) is 0 Å². The van der Waals surface area contributed by atoms with Crippen molar-refractivity contribution in [2.75, 3.05) is 0 Å². The maximum Gasteiger partial charge on any atom is 0.336 e. The summed E-state index contributed by atoms with van der Waals surface area (Å²) in [7, 11) is 0. The summed E-state index contributed by atoms with van der Waals surface area (Å²) in [5, 5.41) is 22.5. The van der Waals surface area contributed by atoms with Crippen molar-refractivity contribution in [1.29, 1.82) is 0 Å². The highest BCUT2D eigenvalue weighted by Crippen LogP contribution is 2.66. The number of carboxylic acids is 1. The topological polar surface area (TPSA) is 57.5 Å². The van der Waals surface area contributed by atoms with E-state index in [0.29, 0.717) is 11.0 Å². The average Bonchev–Trinajstić information content (AvgIpc) is 2.71. The molecule has 3 nitrogen and oxygen atoms in total. The van der Waals surface area contributed by atoms with Gasteiger partial charge in [-0.25, -0.2) is 4.79 Å². The third-order valence-electron chi connectivity index (χ3n) is 8.33. The molecule has 2 unspecified atom stereocenters. The van der Waals surface area contributed by atoms with E-state index in [4.69, 9.17) is 0 Å². The van der Waals surface area contributed by atoms with Crippen LogP contribution in [0.2, 0.25) is 0 Å². The molecule has 2 atom stereocenters. The van der Waals surface area contributed by atoms with E-state index in [9.17, 15) is 15.0 Å². The molecule has 0 saturated heterocycles. The fourth-order valence-electron chi connectivity index (χ4n) is 7.88. The fraction of sp³-hybridized carbons (Fsp3) is 0.393. The molecule has 0 amide bonds. The van der Waals surface area contributed by atoms with Crippen molar-refractivity contribution < 1.29 is 15.0 Å². The van der Waals surface area contributed by atoms with Gasteiger partial charge in [0.05, 0.1) is 5.56 Å². The van der Waals surface area contributed by atoms with E-state index < -0.39 is 5.97 Å². The Hall–Kier alpha value is -2.81. The second-order valence-corrected chi connectivity index (χ2v) is 10.8. The molecule has 31 heavy (non-hydrogen) atoms. The lowest BCUT2D eigenvalue weighted by Gasteiger charge is -2.62. The van der Waals surface area contributed by atoms with Gasteiger partial charge < -0.3 is 10.2 Å².